The van der Waals surface area contributed by atoms with Crippen molar-refractivity contribution in [3.05, 3.63) is 75.4 Å². The third kappa shape index (κ3) is 7.10. The Morgan fingerprint density at radius 3 is 2.43 bits per heavy atom. The third-order valence-corrected chi connectivity index (χ3v) is 6.86. The van der Waals surface area contributed by atoms with Crippen molar-refractivity contribution in [1.82, 2.24) is 4.90 Å². The number of carbonyl (C=O) groups is 2. The lowest BCUT2D eigenvalue weighted by atomic mass is 10.1. The molecular weight excluding hydrogens is 533 g/mol. The number of rotatable bonds is 7. The monoisotopic (exact) mass is 559 g/mol. The van der Waals surface area contributed by atoms with E-state index in [-0.39, 0.29) is 11.8 Å². The van der Waals surface area contributed by atoms with Crippen LogP contribution in [0, 0.1) is 5.92 Å². The number of amides is 2. The molecule has 2 aromatic carbocycles. The van der Waals surface area contributed by atoms with Gasteiger partial charge in [-0.1, -0.05) is 48.7 Å². The third-order valence-electron chi connectivity index (χ3n) is 5.99. The number of hydrogen-bond acceptors (Lipinski definition) is 4. The van der Waals surface area contributed by atoms with E-state index in [2.05, 4.69) is 24.1 Å². The Bertz CT molecular complexity index is 1310. The number of halogens is 3. The second-order valence-corrected chi connectivity index (χ2v) is 10.5. The summed E-state index contributed by atoms with van der Waals surface area (Å²) in [7, 11) is 0. The highest BCUT2D eigenvalue weighted by Gasteiger charge is 2.23. The summed E-state index contributed by atoms with van der Waals surface area (Å²) in [5, 5.41) is 4.43. The predicted molar refractivity (Wildman–Crippen MR) is 152 cm³/mol. The second kappa shape index (κ2) is 12.1. The normalized spacial score (nSPS) is 14.0. The van der Waals surface area contributed by atoms with Gasteiger partial charge in [0.1, 0.15) is 11.5 Å². The number of anilines is 2. The van der Waals surface area contributed by atoms with Crippen molar-refractivity contribution in [1.29, 1.82) is 0 Å². The average Bonchev–Trinajstić information content (AvgIpc) is 3.33. The van der Waals surface area contributed by atoms with Crippen molar-refractivity contribution >= 4 is 64.1 Å². The van der Waals surface area contributed by atoms with Gasteiger partial charge in [0.05, 0.1) is 15.7 Å². The average molecular weight is 561 g/mol. The molecule has 0 atom stereocenters. The molecule has 4 rings (SSSR count). The molecule has 1 aliphatic heterocycles. The van der Waals surface area contributed by atoms with Gasteiger partial charge < -0.3 is 19.5 Å². The van der Waals surface area contributed by atoms with Crippen molar-refractivity contribution in [2.75, 3.05) is 36.4 Å². The van der Waals surface area contributed by atoms with E-state index in [1.54, 1.807) is 42.5 Å². The number of hydrogen-bond donors (Lipinski definition) is 1. The number of nitrogens with zero attached hydrogens (tertiary/aromatic N) is 2. The van der Waals surface area contributed by atoms with E-state index in [9.17, 15) is 9.59 Å². The summed E-state index contributed by atoms with van der Waals surface area (Å²) in [6.07, 6.45) is 3.53. The molecule has 1 aliphatic rings. The summed E-state index contributed by atoms with van der Waals surface area (Å²) >= 11 is 18.8. The Labute approximate surface area is 231 Å². The quantitative estimate of drug-likeness (QED) is 0.309. The molecule has 0 aliphatic carbocycles. The summed E-state index contributed by atoms with van der Waals surface area (Å²) in [6.45, 7) is 6.87. The first-order valence-corrected chi connectivity index (χ1v) is 13.2. The molecule has 0 radical (unpaired) electrons. The maximum Gasteiger partial charge on any atom is 0.248 e. The first kappa shape index (κ1) is 27.1. The fourth-order valence-electron chi connectivity index (χ4n) is 4.13. The lowest BCUT2D eigenvalue weighted by Crippen LogP contribution is -2.49. The molecule has 0 bridgehead atoms. The summed E-state index contributed by atoms with van der Waals surface area (Å²) in [5.41, 5.74) is 2.14. The largest absolute Gasteiger partial charge is 0.457 e. The van der Waals surface area contributed by atoms with Crippen LogP contribution in [0.3, 0.4) is 0 Å². The zero-order valence-corrected chi connectivity index (χ0v) is 22.9. The highest BCUT2D eigenvalue weighted by atomic mass is 35.5. The number of benzene rings is 2. The molecule has 2 heterocycles. The molecule has 2 amide bonds. The Balaban J connectivity index is 1.33. The molecular formula is C28H28Cl3N3O3. The molecule has 0 spiro atoms. The van der Waals surface area contributed by atoms with E-state index >= 15 is 0 Å². The Hall–Kier alpha value is -2.93. The zero-order valence-electron chi connectivity index (χ0n) is 20.6. The molecule has 1 N–H and O–H groups in total. The van der Waals surface area contributed by atoms with Crippen LogP contribution in [0.15, 0.2) is 59.0 Å². The van der Waals surface area contributed by atoms with Crippen LogP contribution in [0.4, 0.5) is 11.4 Å². The molecule has 9 heteroatoms. The molecule has 6 nitrogen and oxygen atoms in total. The Kier molecular flexibility index (Phi) is 8.85. The van der Waals surface area contributed by atoms with Gasteiger partial charge >= 0.3 is 0 Å². The van der Waals surface area contributed by atoms with Gasteiger partial charge in [0.2, 0.25) is 11.8 Å². The minimum Gasteiger partial charge on any atom is -0.457 e. The lowest BCUT2D eigenvalue weighted by molar-refractivity contribution is -0.132. The van der Waals surface area contributed by atoms with E-state index < -0.39 is 0 Å². The van der Waals surface area contributed by atoms with Gasteiger partial charge in [-0.15, -0.1) is 0 Å². The van der Waals surface area contributed by atoms with E-state index in [0.29, 0.717) is 76.4 Å². The second-order valence-electron chi connectivity index (χ2n) is 9.28. The highest BCUT2D eigenvalue weighted by molar-refractivity contribution is 6.35. The minimum absolute atomic E-state index is 0.200. The van der Waals surface area contributed by atoms with Gasteiger partial charge in [0, 0.05) is 54.9 Å². The van der Waals surface area contributed by atoms with Crippen LogP contribution in [0.1, 0.15) is 26.0 Å². The van der Waals surface area contributed by atoms with Crippen molar-refractivity contribution in [2.45, 2.75) is 20.3 Å². The van der Waals surface area contributed by atoms with Gasteiger partial charge in [-0.25, -0.2) is 0 Å². The molecule has 3 aromatic rings. The fourth-order valence-corrected chi connectivity index (χ4v) is 4.81. The minimum atomic E-state index is -0.320. The predicted octanol–water partition coefficient (Wildman–Crippen LogP) is 7.25. The van der Waals surface area contributed by atoms with Gasteiger partial charge in [-0.2, -0.15) is 0 Å². The molecule has 1 saturated heterocycles. The summed E-state index contributed by atoms with van der Waals surface area (Å²) < 4.78 is 5.79. The van der Waals surface area contributed by atoms with Crippen LogP contribution in [0.5, 0.6) is 0 Å². The van der Waals surface area contributed by atoms with Crippen molar-refractivity contribution in [3.8, 4) is 11.3 Å². The Morgan fingerprint density at radius 2 is 1.73 bits per heavy atom. The van der Waals surface area contributed by atoms with Crippen LogP contribution in [0.2, 0.25) is 15.1 Å². The molecule has 1 aromatic heterocycles. The van der Waals surface area contributed by atoms with Gasteiger partial charge in [-0.3, -0.25) is 9.59 Å². The van der Waals surface area contributed by atoms with Crippen LogP contribution in [-0.4, -0.2) is 42.9 Å². The zero-order chi connectivity index (χ0) is 26.5. The topological polar surface area (TPSA) is 65.8 Å². The summed E-state index contributed by atoms with van der Waals surface area (Å²) in [6, 6.07) is 14.1. The lowest BCUT2D eigenvalue weighted by Gasteiger charge is -2.36. The fraction of sp³-hybridized carbons (Fsp3) is 0.286. The van der Waals surface area contributed by atoms with Gasteiger partial charge in [-0.05, 0) is 60.5 Å². The van der Waals surface area contributed by atoms with Crippen molar-refractivity contribution < 1.29 is 14.0 Å². The van der Waals surface area contributed by atoms with Crippen molar-refractivity contribution in [2.24, 2.45) is 5.92 Å². The van der Waals surface area contributed by atoms with E-state index in [1.165, 1.54) is 6.08 Å². The molecule has 0 unspecified atom stereocenters. The molecule has 1 fully saturated rings. The molecule has 0 saturated carbocycles. The smallest absolute Gasteiger partial charge is 0.248 e. The number of furan rings is 1. The van der Waals surface area contributed by atoms with Crippen LogP contribution < -0.4 is 10.2 Å². The van der Waals surface area contributed by atoms with Crippen LogP contribution >= 0.6 is 34.8 Å². The first-order valence-electron chi connectivity index (χ1n) is 12.1. The van der Waals surface area contributed by atoms with Gasteiger partial charge in [0.25, 0.3) is 0 Å². The molecule has 194 valence electrons. The maximum atomic E-state index is 12.5. The summed E-state index contributed by atoms with van der Waals surface area (Å²) in [5.74, 6) is 1.29. The number of nitrogens with one attached hydrogen (secondary N) is 1. The van der Waals surface area contributed by atoms with Crippen molar-refractivity contribution in [3.63, 3.8) is 0 Å². The van der Waals surface area contributed by atoms with Crippen LogP contribution in [-0.2, 0) is 9.59 Å². The first-order chi connectivity index (χ1) is 17.7. The standard InChI is InChI=1S/C28H28Cl3N3O3/c1-18(2)15-28(36)34-13-11-33(12-14-34)25-8-4-20(17-24(25)31)32-27(35)10-6-21-5-9-26(37-21)22-16-19(29)3-7-23(22)30/h3-10,16-18H,11-15H2,1-2H3,(H,32,35)/b10-6+. The van der Waals surface area contributed by atoms with E-state index in [0.717, 1.165) is 5.69 Å². The Morgan fingerprint density at radius 1 is 0.973 bits per heavy atom. The highest BCUT2D eigenvalue weighted by Crippen LogP contribution is 2.32. The SMILES string of the molecule is CC(C)CC(=O)N1CCN(c2ccc(NC(=O)/C=C/c3ccc(-c4cc(Cl)ccc4Cl)o3)cc2Cl)CC1. The van der Waals surface area contributed by atoms with Gasteiger partial charge in [0.15, 0.2) is 0 Å². The molecule has 37 heavy (non-hydrogen) atoms. The van der Waals surface area contributed by atoms with E-state index in [4.69, 9.17) is 39.2 Å². The summed E-state index contributed by atoms with van der Waals surface area (Å²) in [4.78, 5) is 28.9. The maximum absolute atomic E-state index is 12.5. The van der Waals surface area contributed by atoms with E-state index in [1.807, 2.05) is 17.0 Å². The van der Waals surface area contributed by atoms with Crippen LogP contribution in [0.25, 0.3) is 17.4 Å². The number of carbonyl (C=O) groups excluding carboxylic acids is 2. The number of piperazine rings is 1.